The Morgan fingerprint density at radius 1 is 1.33 bits per heavy atom. The maximum atomic E-state index is 13.1. The van der Waals surface area contributed by atoms with Crippen molar-refractivity contribution in [3.05, 3.63) is 40.5 Å². The number of ether oxygens (including phenoxy) is 1. The lowest BCUT2D eigenvalue weighted by atomic mass is 10.0. The van der Waals surface area contributed by atoms with Gasteiger partial charge in [0.2, 0.25) is 0 Å². The van der Waals surface area contributed by atoms with E-state index in [1.165, 1.54) is 11.3 Å². The fraction of sp³-hybridized carbons (Fsp3) is 0.458. The maximum Gasteiger partial charge on any atom is 0.283 e. The average Bonchev–Trinajstić information content (AvgIpc) is 3.34. The summed E-state index contributed by atoms with van der Waals surface area (Å²) in [5.74, 6) is 0.574. The third kappa shape index (κ3) is 5.10. The maximum absolute atomic E-state index is 13.1. The second-order valence-electron chi connectivity index (χ2n) is 9.16. The summed E-state index contributed by atoms with van der Waals surface area (Å²) < 4.78 is 7.69. The molecule has 0 fully saturated rings. The molecule has 0 radical (unpaired) electrons. The van der Waals surface area contributed by atoms with Gasteiger partial charge in [-0.1, -0.05) is 6.07 Å². The van der Waals surface area contributed by atoms with Gasteiger partial charge in [0, 0.05) is 41.2 Å². The summed E-state index contributed by atoms with van der Waals surface area (Å²) in [5.41, 5.74) is 2.65. The molecule has 1 aliphatic heterocycles. The third-order valence-electron chi connectivity index (χ3n) is 5.44. The van der Waals surface area contributed by atoms with E-state index in [1.54, 1.807) is 29.6 Å². The quantitative estimate of drug-likeness (QED) is 0.550. The molecule has 176 valence electrons. The third-order valence-corrected chi connectivity index (χ3v) is 6.55. The number of thiazole rings is 1. The molecule has 0 aliphatic carbocycles. The minimum atomic E-state index is -0.858. The Bertz CT molecular complexity index is 1150. The molecule has 1 amide bonds. The van der Waals surface area contributed by atoms with Crippen LogP contribution in [0.5, 0.6) is 5.75 Å². The van der Waals surface area contributed by atoms with Gasteiger partial charge in [-0.25, -0.2) is 4.98 Å². The van der Waals surface area contributed by atoms with Crippen LogP contribution >= 0.6 is 11.3 Å². The average molecular weight is 471 g/mol. The van der Waals surface area contributed by atoms with Crippen LogP contribution in [0.2, 0.25) is 0 Å². The van der Waals surface area contributed by atoms with E-state index in [1.807, 2.05) is 38.2 Å². The van der Waals surface area contributed by atoms with Crippen LogP contribution in [0.3, 0.4) is 0 Å². The van der Waals surface area contributed by atoms with Gasteiger partial charge in [-0.15, -0.1) is 11.3 Å². The topological polar surface area (TPSA) is 101 Å². The highest BCUT2D eigenvalue weighted by Crippen LogP contribution is 2.40. The molecule has 0 saturated heterocycles. The standard InChI is InChI=1S/C24H30N4O4S/c1-15(2)28(8-9-29)23(30)22-26-21-18-11-16(5-6-19(18)32-10-7-20(21)33-22)17-12-25-27(13-17)14-24(3,4)31/h5-6,11-13,15,29,31H,7-10,14H2,1-4H3. The number of benzene rings is 1. The zero-order valence-corrected chi connectivity index (χ0v) is 20.2. The molecule has 3 aromatic rings. The van der Waals surface area contributed by atoms with Crippen molar-refractivity contribution < 1.29 is 19.7 Å². The second kappa shape index (κ2) is 9.24. The van der Waals surface area contributed by atoms with Gasteiger partial charge < -0.3 is 19.8 Å². The largest absolute Gasteiger partial charge is 0.493 e. The Balaban J connectivity index is 1.70. The van der Waals surface area contributed by atoms with Crippen LogP contribution in [-0.4, -0.2) is 67.2 Å². The molecular formula is C24H30N4O4S. The molecule has 0 atom stereocenters. The van der Waals surface area contributed by atoms with Gasteiger partial charge >= 0.3 is 0 Å². The summed E-state index contributed by atoms with van der Waals surface area (Å²) in [6.07, 6.45) is 4.36. The van der Waals surface area contributed by atoms with Crippen molar-refractivity contribution in [2.24, 2.45) is 0 Å². The highest BCUT2D eigenvalue weighted by Gasteiger charge is 2.27. The Kier molecular flexibility index (Phi) is 6.56. The van der Waals surface area contributed by atoms with Crippen molar-refractivity contribution in [1.29, 1.82) is 0 Å². The van der Waals surface area contributed by atoms with E-state index in [9.17, 15) is 15.0 Å². The molecule has 33 heavy (non-hydrogen) atoms. The molecule has 1 aromatic carbocycles. The van der Waals surface area contributed by atoms with Crippen LogP contribution in [0.15, 0.2) is 30.6 Å². The lowest BCUT2D eigenvalue weighted by molar-refractivity contribution is 0.0577. The van der Waals surface area contributed by atoms with Gasteiger partial charge in [0.15, 0.2) is 5.01 Å². The molecule has 4 rings (SSSR count). The summed E-state index contributed by atoms with van der Waals surface area (Å²) in [6, 6.07) is 5.90. The Hall–Kier alpha value is -2.75. The number of amides is 1. The van der Waals surface area contributed by atoms with E-state index >= 15 is 0 Å². The number of aromatic nitrogens is 3. The first-order valence-electron chi connectivity index (χ1n) is 11.1. The van der Waals surface area contributed by atoms with E-state index in [-0.39, 0.29) is 25.1 Å². The van der Waals surface area contributed by atoms with Crippen LogP contribution in [-0.2, 0) is 13.0 Å². The summed E-state index contributed by atoms with van der Waals surface area (Å²) >= 11 is 1.40. The lowest BCUT2D eigenvalue weighted by Crippen LogP contribution is -2.38. The van der Waals surface area contributed by atoms with E-state index in [0.717, 1.165) is 33.0 Å². The van der Waals surface area contributed by atoms with E-state index < -0.39 is 5.60 Å². The summed E-state index contributed by atoms with van der Waals surface area (Å²) in [4.78, 5) is 20.5. The van der Waals surface area contributed by atoms with Crippen LogP contribution in [0.1, 0.15) is 42.4 Å². The number of hydrogen-bond donors (Lipinski definition) is 2. The molecule has 0 unspecified atom stereocenters. The molecule has 1 aliphatic rings. The van der Waals surface area contributed by atoms with Crippen molar-refractivity contribution in [3.8, 4) is 28.1 Å². The van der Waals surface area contributed by atoms with Crippen molar-refractivity contribution in [3.63, 3.8) is 0 Å². The van der Waals surface area contributed by atoms with Crippen LogP contribution in [0.4, 0.5) is 0 Å². The minimum absolute atomic E-state index is 0.0315. The zero-order valence-electron chi connectivity index (χ0n) is 19.4. The van der Waals surface area contributed by atoms with Gasteiger partial charge in [-0.3, -0.25) is 9.48 Å². The first-order chi connectivity index (χ1) is 15.7. The molecule has 0 bridgehead atoms. The summed E-state index contributed by atoms with van der Waals surface area (Å²) in [7, 11) is 0. The Morgan fingerprint density at radius 3 is 2.82 bits per heavy atom. The number of hydrogen-bond acceptors (Lipinski definition) is 7. The minimum Gasteiger partial charge on any atom is -0.493 e. The monoisotopic (exact) mass is 470 g/mol. The molecule has 0 spiro atoms. The number of aliphatic hydroxyl groups excluding tert-OH is 1. The van der Waals surface area contributed by atoms with Gasteiger partial charge in [-0.2, -0.15) is 5.10 Å². The number of nitrogens with zero attached hydrogens (tertiary/aromatic N) is 4. The van der Waals surface area contributed by atoms with Crippen LogP contribution in [0, 0.1) is 0 Å². The first-order valence-corrected chi connectivity index (χ1v) is 11.9. The van der Waals surface area contributed by atoms with Gasteiger partial charge in [0.1, 0.15) is 5.75 Å². The van der Waals surface area contributed by atoms with E-state index in [0.29, 0.717) is 24.6 Å². The fourth-order valence-electron chi connectivity index (χ4n) is 3.92. The Labute approximate surface area is 197 Å². The number of fused-ring (bicyclic) bond motifs is 3. The summed E-state index contributed by atoms with van der Waals surface area (Å²) in [5, 5.41) is 24.2. The molecule has 0 saturated carbocycles. The first kappa shape index (κ1) is 23.4. The number of carbonyl (C=O) groups is 1. The highest BCUT2D eigenvalue weighted by atomic mass is 32.1. The number of aliphatic hydroxyl groups is 2. The van der Waals surface area contributed by atoms with Gasteiger partial charge in [0.05, 0.1) is 37.3 Å². The smallest absolute Gasteiger partial charge is 0.283 e. The molecule has 2 aromatic heterocycles. The van der Waals surface area contributed by atoms with Crippen molar-refractivity contribution in [1.82, 2.24) is 19.7 Å². The molecule has 3 heterocycles. The van der Waals surface area contributed by atoms with Crippen molar-refractivity contribution >= 4 is 17.2 Å². The fourth-order valence-corrected chi connectivity index (χ4v) is 4.93. The molecule has 9 heteroatoms. The Morgan fingerprint density at radius 2 is 2.12 bits per heavy atom. The molecule has 8 nitrogen and oxygen atoms in total. The van der Waals surface area contributed by atoms with E-state index in [2.05, 4.69) is 5.10 Å². The second-order valence-corrected chi connectivity index (χ2v) is 10.2. The SMILES string of the molecule is CC(C)N(CCO)C(=O)c1nc2c(s1)CCOc1ccc(-c3cnn(CC(C)(C)O)c3)cc1-2. The molecular weight excluding hydrogens is 440 g/mol. The number of carbonyl (C=O) groups excluding carboxylic acids is 1. The predicted molar refractivity (Wildman–Crippen MR) is 128 cm³/mol. The summed E-state index contributed by atoms with van der Waals surface area (Å²) in [6.45, 7) is 8.45. The lowest BCUT2D eigenvalue weighted by Gasteiger charge is -2.24. The van der Waals surface area contributed by atoms with Gasteiger partial charge in [-0.05, 0) is 45.4 Å². The van der Waals surface area contributed by atoms with Crippen LogP contribution < -0.4 is 4.74 Å². The van der Waals surface area contributed by atoms with Crippen molar-refractivity contribution in [2.75, 3.05) is 19.8 Å². The predicted octanol–water partition coefficient (Wildman–Crippen LogP) is 3.22. The van der Waals surface area contributed by atoms with E-state index in [4.69, 9.17) is 9.72 Å². The highest BCUT2D eigenvalue weighted by molar-refractivity contribution is 7.14. The number of rotatable bonds is 7. The van der Waals surface area contributed by atoms with Crippen molar-refractivity contribution in [2.45, 2.75) is 52.3 Å². The van der Waals surface area contributed by atoms with Gasteiger partial charge in [0.25, 0.3) is 5.91 Å². The zero-order chi connectivity index (χ0) is 23.8. The normalized spacial score (nSPS) is 13.3. The molecule has 2 N–H and O–H groups in total. The van der Waals surface area contributed by atoms with Crippen LogP contribution in [0.25, 0.3) is 22.4 Å².